The number of nitrogens with one attached hydrogen (secondary N) is 2. The van der Waals surface area contributed by atoms with E-state index in [2.05, 4.69) is 20.5 Å². The molecule has 5 rings (SSSR count). The van der Waals surface area contributed by atoms with E-state index in [9.17, 15) is 9.59 Å². The number of carbonyl (C=O) groups excluding carboxylic acids is 2. The third kappa shape index (κ3) is 2.99. The number of hydrogen-bond acceptors (Lipinski definition) is 5. The standard InChI is InChI=1S/C22H20N4O3/c27-20(25-19-17(12-24-26-19)14-4-2-1-3-5-14)15-6-9-22(10-7-15)18-13-23-11-8-16(18)21(28)29-22/h1-5,8,11-13,15H,6-7,9-10H2,(H2,24,25,26,27)/t15-,22+. The molecule has 1 aliphatic carbocycles. The molecule has 1 aromatic carbocycles. The van der Waals surface area contributed by atoms with Crippen molar-refractivity contribution in [1.29, 1.82) is 0 Å². The minimum atomic E-state index is -0.640. The van der Waals surface area contributed by atoms with Gasteiger partial charge in [-0.05, 0) is 37.3 Å². The first kappa shape index (κ1) is 17.6. The number of aromatic amines is 1. The molecule has 7 nitrogen and oxygen atoms in total. The number of H-pyrrole nitrogens is 1. The van der Waals surface area contributed by atoms with Gasteiger partial charge in [-0.2, -0.15) is 5.10 Å². The van der Waals surface area contributed by atoms with Crippen LogP contribution in [0.2, 0.25) is 0 Å². The number of carbonyl (C=O) groups is 2. The second kappa shape index (κ2) is 6.84. The normalized spacial score (nSPS) is 22.9. The van der Waals surface area contributed by atoms with Gasteiger partial charge in [0.05, 0.1) is 5.56 Å². The highest BCUT2D eigenvalue weighted by atomic mass is 16.6. The van der Waals surface area contributed by atoms with Crippen molar-refractivity contribution in [3.63, 3.8) is 0 Å². The molecule has 1 aliphatic heterocycles. The molecule has 146 valence electrons. The molecule has 7 heteroatoms. The molecule has 0 saturated heterocycles. The molecule has 2 aromatic heterocycles. The highest BCUT2D eigenvalue weighted by Crippen LogP contribution is 2.47. The van der Waals surface area contributed by atoms with E-state index in [1.54, 1.807) is 24.7 Å². The number of esters is 1. The number of nitrogens with zero attached hydrogens (tertiary/aromatic N) is 2. The molecule has 2 aliphatic rings. The Morgan fingerprint density at radius 3 is 2.72 bits per heavy atom. The van der Waals surface area contributed by atoms with Crippen molar-refractivity contribution in [3.05, 3.63) is 66.1 Å². The zero-order valence-electron chi connectivity index (χ0n) is 15.7. The molecule has 0 atom stereocenters. The quantitative estimate of drug-likeness (QED) is 0.668. The third-order valence-corrected chi connectivity index (χ3v) is 5.95. The van der Waals surface area contributed by atoms with Crippen LogP contribution >= 0.6 is 0 Å². The smallest absolute Gasteiger partial charge is 0.339 e. The summed E-state index contributed by atoms with van der Waals surface area (Å²) < 4.78 is 5.74. The lowest BCUT2D eigenvalue weighted by Crippen LogP contribution is -2.36. The number of anilines is 1. The average molecular weight is 388 g/mol. The topological polar surface area (TPSA) is 97.0 Å². The molecule has 1 fully saturated rings. The van der Waals surface area contributed by atoms with Crippen LogP contribution in [0.4, 0.5) is 5.82 Å². The van der Waals surface area contributed by atoms with Gasteiger partial charge < -0.3 is 10.1 Å². The highest BCUT2D eigenvalue weighted by molar-refractivity contribution is 5.96. The number of rotatable bonds is 3. The van der Waals surface area contributed by atoms with E-state index >= 15 is 0 Å². The summed E-state index contributed by atoms with van der Waals surface area (Å²) in [7, 11) is 0. The number of pyridine rings is 1. The van der Waals surface area contributed by atoms with Gasteiger partial charge in [-0.15, -0.1) is 0 Å². The molecular formula is C22H20N4O3. The Balaban J connectivity index is 1.29. The molecular weight excluding hydrogens is 368 g/mol. The summed E-state index contributed by atoms with van der Waals surface area (Å²) in [6, 6.07) is 11.5. The van der Waals surface area contributed by atoms with Crippen molar-refractivity contribution >= 4 is 17.7 Å². The first-order chi connectivity index (χ1) is 14.2. The maximum atomic E-state index is 12.9. The third-order valence-electron chi connectivity index (χ3n) is 5.95. The molecule has 0 bridgehead atoms. The molecule has 3 aromatic rings. The van der Waals surface area contributed by atoms with Gasteiger partial charge in [0, 0.05) is 35.6 Å². The SMILES string of the molecule is O=C1O[C@]2(CC[C@@H](C(=O)Nc3n[nH]cc3-c3ccccc3)CC2)c2cnccc21. The van der Waals surface area contributed by atoms with Gasteiger partial charge in [0.25, 0.3) is 0 Å². The second-order valence-corrected chi connectivity index (χ2v) is 7.58. The molecule has 29 heavy (non-hydrogen) atoms. The van der Waals surface area contributed by atoms with Gasteiger partial charge >= 0.3 is 5.97 Å². The zero-order chi connectivity index (χ0) is 19.8. The van der Waals surface area contributed by atoms with Crippen molar-refractivity contribution in [2.24, 2.45) is 5.92 Å². The number of aromatic nitrogens is 3. The first-order valence-electron chi connectivity index (χ1n) is 9.74. The van der Waals surface area contributed by atoms with Crippen LogP contribution in [0.5, 0.6) is 0 Å². The van der Waals surface area contributed by atoms with E-state index in [4.69, 9.17) is 4.74 Å². The Hall–Kier alpha value is -3.48. The van der Waals surface area contributed by atoms with Crippen LogP contribution in [-0.4, -0.2) is 27.1 Å². The first-order valence-corrected chi connectivity index (χ1v) is 9.74. The Bertz CT molecular complexity index is 1070. The Morgan fingerprint density at radius 2 is 1.93 bits per heavy atom. The van der Waals surface area contributed by atoms with Gasteiger partial charge in [-0.3, -0.25) is 14.9 Å². The van der Waals surface area contributed by atoms with Crippen LogP contribution in [0.15, 0.2) is 55.0 Å². The predicted molar refractivity (Wildman–Crippen MR) is 106 cm³/mol. The van der Waals surface area contributed by atoms with Crippen molar-refractivity contribution in [2.75, 3.05) is 5.32 Å². The number of fused-ring (bicyclic) bond motifs is 2. The van der Waals surface area contributed by atoms with Crippen LogP contribution in [0, 0.1) is 5.92 Å². The Morgan fingerprint density at radius 1 is 1.14 bits per heavy atom. The summed E-state index contributed by atoms with van der Waals surface area (Å²) in [5.74, 6) is 0.0258. The van der Waals surface area contributed by atoms with Gasteiger partial charge in [0.15, 0.2) is 5.82 Å². The van der Waals surface area contributed by atoms with Gasteiger partial charge in [0.1, 0.15) is 5.60 Å². The minimum absolute atomic E-state index is 0.0557. The molecule has 1 saturated carbocycles. The maximum Gasteiger partial charge on any atom is 0.339 e. The Kier molecular flexibility index (Phi) is 4.16. The van der Waals surface area contributed by atoms with Crippen molar-refractivity contribution in [1.82, 2.24) is 15.2 Å². The highest BCUT2D eigenvalue weighted by Gasteiger charge is 2.48. The molecule has 3 heterocycles. The van der Waals surface area contributed by atoms with Crippen molar-refractivity contribution < 1.29 is 14.3 Å². The van der Waals surface area contributed by atoms with E-state index in [0.717, 1.165) is 16.7 Å². The van der Waals surface area contributed by atoms with Gasteiger partial charge in [0.2, 0.25) is 5.91 Å². The number of amides is 1. The van der Waals surface area contributed by atoms with Crippen molar-refractivity contribution in [3.8, 4) is 11.1 Å². The second-order valence-electron chi connectivity index (χ2n) is 7.58. The van der Waals surface area contributed by atoms with Gasteiger partial charge in [-0.25, -0.2) is 4.79 Å². The van der Waals surface area contributed by atoms with Crippen LogP contribution in [0.25, 0.3) is 11.1 Å². The zero-order valence-corrected chi connectivity index (χ0v) is 15.7. The monoisotopic (exact) mass is 388 g/mol. The Labute approximate surface area is 167 Å². The molecule has 0 radical (unpaired) electrons. The van der Waals surface area contributed by atoms with Gasteiger partial charge in [-0.1, -0.05) is 30.3 Å². The van der Waals surface area contributed by atoms with Crippen LogP contribution < -0.4 is 5.32 Å². The van der Waals surface area contributed by atoms with Crippen LogP contribution in [0.3, 0.4) is 0 Å². The fraction of sp³-hybridized carbons (Fsp3) is 0.273. The fourth-order valence-corrected chi connectivity index (χ4v) is 4.38. The van der Waals surface area contributed by atoms with Crippen molar-refractivity contribution in [2.45, 2.75) is 31.3 Å². The van der Waals surface area contributed by atoms with E-state index in [0.29, 0.717) is 37.1 Å². The summed E-state index contributed by atoms with van der Waals surface area (Å²) in [6.45, 7) is 0. The molecule has 1 spiro atoms. The number of benzene rings is 1. The van der Waals surface area contributed by atoms with E-state index in [-0.39, 0.29) is 17.8 Å². The molecule has 2 N–H and O–H groups in total. The van der Waals surface area contributed by atoms with Crippen LogP contribution in [-0.2, 0) is 15.1 Å². The van der Waals surface area contributed by atoms with E-state index in [1.165, 1.54) is 0 Å². The fourth-order valence-electron chi connectivity index (χ4n) is 4.38. The van der Waals surface area contributed by atoms with E-state index in [1.807, 2.05) is 30.3 Å². The maximum absolute atomic E-state index is 12.9. The summed E-state index contributed by atoms with van der Waals surface area (Å²) >= 11 is 0. The lowest BCUT2D eigenvalue weighted by molar-refractivity contribution is -0.122. The largest absolute Gasteiger partial charge is 0.450 e. The lowest BCUT2D eigenvalue weighted by Gasteiger charge is -2.35. The summed E-state index contributed by atoms with van der Waals surface area (Å²) in [6.07, 6.45) is 7.60. The minimum Gasteiger partial charge on any atom is -0.450 e. The number of ether oxygens (including phenoxy) is 1. The summed E-state index contributed by atoms with van der Waals surface area (Å²) in [4.78, 5) is 29.2. The molecule has 0 unspecified atom stereocenters. The van der Waals surface area contributed by atoms with Crippen LogP contribution in [0.1, 0.15) is 41.6 Å². The van der Waals surface area contributed by atoms with E-state index < -0.39 is 5.60 Å². The molecule has 1 amide bonds. The predicted octanol–water partition coefficient (Wildman–Crippen LogP) is 3.67. The number of hydrogen-bond donors (Lipinski definition) is 2. The average Bonchev–Trinajstić information content (AvgIpc) is 3.32. The summed E-state index contributed by atoms with van der Waals surface area (Å²) in [5, 5.41) is 10.00. The summed E-state index contributed by atoms with van der Waals surface area (Å²) in [5.41, 5.74) is 2.64. The lowest BCUT2D eigenvalue weighted by atomic mass is 9.75.